The van der Waals surface area contributed by atoms with Gasteiger partial charge in [0.2, 0.25) is 0 Å². The number of benzene rings is 2. The minimum Gasteiger partial charge on any atom is -0.376 e. The Balaban J connectivity index is 1.63. The van der Waals surface area contributed by atoms with Gasteiger partial charge in [-0.3, -0.25) is 14.2 Å². The SMILES string of the molecule is [2H]C([2H])([2H])O[C@@H]1[C@H](C)[C@@H](C([2H])([2H])C)O[C@H]1n1cnc2c(N(C(=O)c3ccccc3)C(=O)c3ccccc3)ncnc21. The third-order valence-corrected chi connectivity index (χ3v) is 6.26. The van der Waals surface area contributed by atoms with E-state index in [2.05, 4.69) is 15.0 Å². The van der Waals surface area contributed by atoms with E-state index < -0.39 is 49.6 Å². The number of hydrogen-bond acceptors (Lipinski definition) is 7. The molecule has 184 valence electrons. The Morgan fingerprint density at radius 2 is 1.69 bits per heavy atom. The lowest BCUT2D eigenvalue weighted by molar-refractivity contribution is -0.0484. The monoisotopic (exact) mass is 490 g/mol. The van der Waals surface area contributed by atoms with Gasteiger partial charge in [0.1, 0.15) is 12.4 Å². The van der Waals surface area contributed by atoms with E-state index in [1.165, 1.54) is 17.8 Å². The van der Waals surface area contributed by atoms with Crippen LogP contribution in [-0.2, 0) is 9.47 Å². The number of nitrogens with zero attached hydrogens (tertiary/aromatic N) is 5. The van der Waals surface area contributed by atoms with Crippen molar-refractivity contribution >= 4 is 28.8 Å². The Kier molecular flexibility index (Phi) is 5.07. The van der Waals surface area contributed by atoms with Crippen LogP contribution in [0.2, 0.25) is 0 Å². The number of amides is 2. The number of anilines is 1. The highest BCUT2D eigenvalue weighted by molar-refractivity contribution is 6.27. The molecule has 0 saturated carbocycles. The van der Waals surface area contributed by atoms with Crippen molar-refractivity contribution in [1.29, 1.82) is 0 Å². The zero-order valence-corrected chi connectivity index (χ0v) is 19.6. The molecule has 1 saturated heterocycles. The van der Waals surface area contributed by atoms with E-state index >= 15 is 0 Å². The van der Waals surface area contributed by atoms with Crippen LogP contribution in [0.3, 0.4) is 0 Å². The number of aromatic nitrogens is 4. The summed E-state index contributed by atoms with van der Waals surface area (Å²) in [5, 5.41) is 0. The second kappa shape index (κ2) is 9.96. The van der Waals surface area contributed by atoms with Gasteiger partial charge in [0.05, 0.1) is 16.5 Å². The Hall–Kier alpha value is -3.95. The van der Waals surface area contributed by atoms with Crippen LogP contribution in [0, 0.1) is 5.92 Å². The summed E-state index contributed by atoms with van der Waals surface area (Å²) in [4.78, 5) is 41.4. The molecule has 0 bridgehead atoms. The molecule has 0 N–H and O–H groups in total. The van der Waals surface area contributed by atoms with Gasteiger partial charge in [-0.25, -0.2) is 19.9 Å². The first-order chi connectivity index (χ1) is 19.4. The van der Waals surface area contributed by atoms with Crippen molar-refractivity contribution < 1.29 is 25.9 Å². The van der Waals surface area contributed by atoms with Crippen molar-refractivity contribution in [2.75, 3.05) is 11.9 Å². The van der Waals surface area contributed by atoms with Crippen molar-refractivity contribution in [1.82, 2.24) is 19.5 Å². The van der Waals surface area contributed by atoms with Crippen LogP contribution in [0.1, 0.15) is 54.0 Å². The predicted molar refractivity (Wildman–Crippen MR) is 134 cm³/mol. The zero-order chi connectivity index (χ0) is 29.5. The average molecular weight is 491 g/mol. The highest BCUT2D eigenvalue weighted by atomic mass is 16.6. The summed E-state index contributed by atoms with van der Waals surface area (Å²) in [7, 11) is -2.78. The fourth-order valence-electron chi connectivity index (χ4n) is 4.40. The molecule has 0 spiro atoms. The van der Waals surface area contributed by atoms with E-state index in [1.807, 2.05) is 0 Å². The summed E-state index contributed by atoms with van der Waals surface area (Å²) >= 11 is 0. The van der Waals surface area contributed by atoms with Crippen LogP contribution in [-0.4, -0.2) is 50.6 Å². The molecule has 1 aliphatic rings. The Bertz CT molecular complexity index is 1510. The number of hydrogen-bond donors (Lipinski definition) is 0. The summed E-state index contributed by atoms with van der Waals surface area (Å²) in [5.74, 6) is -2.02. The van der Waals surface area contributed by atoms with Gasteiger partial charge in [-0.1, -0.05) is 50.2 Å². The second-order valence-electron chi connectivity index (χ2n) is 8.38. The summed E-state index contributed by atoms with van der Waals surface area (Å²) in [6, 6.07) is 16.5. The number of ether oxygens (including phenoxy) is 2. The third-order valence-electron chi connectivity index (χ3n) is 6.26. The molecule has 2 aromatic heterocycles. The maximum absolute atomic E-state index is 13.7. The lowest BCUT2D eigenvalue weighted by Crippen LogP contribution is -2.38. The number of imidazole rings is 1. The van der Waals surface area contributed by atoms with Gasteiger partial charge >= 0.3 is 0 Å². The zero-order valence-electron chi connectivity index (χ0n) is 24.6. The van der Waals surface area contributed by atoms with Crippen molar-refractivity contribution in [2.24, 2.45) is 5.92 Å². The van der Waals surface area contributed by atoms with E-state index in [0.717, 1.165) is 11.2 Å². The Morgan fingerprint density at radius 3 is 2.28 bits per heavy atom. The van der Waals surface area contributed by atoms with E-state index in [4.69, 9.17) is 16.3 Å². The highest BCUT2D eigenvalue weighted by Gasteiger charge is 2.43. The number of imide groups is 1. The van der Waals surface area contributed by atoms with Crippen molar-refractivity contribution in [2.45, 2.75) is 38.7 Å². The smallest absolute Gasteiger partial charge is 0.266 e. The lowest BCUT2D eigenvalue weighted by atomic mass is 9.98. The van der Waals surface area contributed by atoms with Gasteiger partial charge < -0.3 is 9.47 Å². The molecule has 0 radical (unpaired) electrons. The third kappa shape index (κ3) is 4.06. The summed E-state index contributed by atoms with van der Waals surface area (Å²) in [6.45, 7) is 3.00. The fraction of sp³-hybridized carbons (Fsp3) is 0.296. The van der Waals surface area contributed by atoms with E-state index in [0.29, 0.717) is 0 Å². The van der Waals surface area contributed by atoms with Crippen molar-refractivity contribution in [3.05, 3.63) is 84.4 Å². The molecule has 2 amide bonds. The van der Waals surface area contributed by atoms with E-state index in [-0.39, 0.29) is 28.1 Å². The Labute approximate surface area is 215 Å². The number of carbonyl (C=O) groups excluding carboxylic acids is 2. The molecule has 1 fully saturated rings. The Morgan fingerprint density at radius 1 is 1.06 bits per heavy atom. The molecule has 1 aliphatic heterocycles. The lowest BCUT2D eigenvalue weighted by Gasteiger charge is -2.22. The molecule has 4 atom stereocenters. The number of carbonyl (C=O) groups is 2. The van der Waals surface area contributed by atoms with Gasteiger partial charge in [-0.2, -0.15) is 0 Å². The van der Waals surface area contributed by atoms with E-state index in [1.54, 1.807) is 67.6 Å². The van der Waals surface area contributed by atoms with Gasteiger partial charge in [0, 0.05) is 26.8 Å². The first kappa shape index (κ1) is 18.3. The number of methoxy groups -OCH3 is 1. The van der Waals surface area contributed by atoms with Gasteiger partial charge in [0.25, 0.3) is 11.8 Å². The van der Waals surface area contributed by atoms with Crippen molar-refractivity contribution in [3.63, 3.8) is 0 Å². The topological polar surface area (TPSA) is 99.4 Å². The van der Waals surface area contributed by atoms with Crippen LogP contribution < -0.4 is 4.90 Å². The standard InChI is InChI=1S/C27H27N5O4/c1-4-20-17(2)22(35-3)27(36-20)31-16-30-21-23(31)28-15-29-24(21)32(25(33)18-11-7-5-8-12-18)26(34)19-13-9-6-10-14-19/h5-17,20,22,27H,4H2,1-3H3/t17-,20-,22-,27-/m1/s1/i3D3,4D2. The molecular weight excluding hydrogens is 458 g/mol. The number of fused-ring (bicyclic) bond motifs is 1. The largest absolute Gasteiger partial charge is 0.376 e. The van der Waals surface area contributed by atoms with Crippen LogP contribution in [0.4, 0.5) is 5.82 Å². The van der Waals surface area contributed by atoms with Crippen LogP contribution in [0.15, 0.2) is 73.3 Å². The van der Waals surface area contributed by atoms with Gasteiger partial charge in [0.15, 0.2) is 23.2 Å². The molecule has 4 aromatic rings. The maximum atomic E-state index is 13.7. The highest BCUT2D eigenvalue weighted by Crippen LogP contribution is 2.39. The van der Waals surface area contributed by atoms with Crippen LogP contribution >= 0.6 is 0 Å². The summed E-state index contributed by atoms with van der Waals surface area (Å²) < 4.78 is 52.3. The molecule has 36 heavy (non-hydrogen) atoms. The molecule has 5 rings (SSSR count). The number of rotatable bonds is 6. The predicted octanol–water partition coefficient (Wildman–Crippen LogP) is 4.27. The molecule has 0 unspecified atom stereocenters. The minimum atomic E-state index is -2.78. The molecule has 2 aromatic carbocycles. The minimum absolute atomic E-state index is 0.0768. The second-order valence-corrected chi connectivity index (χ2v) is 8.38. The first-order valence-corrected chi connectivity index (χ1v) is 11.4. The fourth-order valence-corrected chi connectivity index (χ4v) is 4.40. The molecule has 0 aliphatic carbocycles. The maximum Gasteiger partial charge on any atom is 0.266 e. The first-order valence-electron chi connectivity index (χ1n) is 13.9. The van der Waals surface area contributed by atoms with Crippen LogP contribution in [0.5, 0.6) is 0 Å². The van der Waals surface area contributed by atoms with E-state index in [9.17, 15) is 9.59 Å². The van der Waals surface area contributed by atoms with Gasteiger partial charge in [-0.15, -0.1) is 0 Å². The van der Waals surface area contributed by atoms with Crippen molar-refractivity contribution in [3.8, 4) is 0 Å². The van der Waals surface area contributed by atoms with Gasteiger partial charge in [-0.05, 0) is 30.6 Å². The average Bonchev–Trinajstić information content (AvgIpc) is 3.50. The molecule has 3 heterocycles. The van der Waals surface area contributed by atoms with Crippen LogP contribution in [0.25, 0.3) is 11.2 Å². The molecular formula is C27H27N5O4. The quantitative estimate of drug-likeness (QED) is 0.372. The molecule has 9 heteroatoms. The molecule has 9 nitrogen and oxygen atoms in total. The normalized spacial score (nSPS) is 24.3. The summed E-state index contributed by atoms with van der Waals surface area (Å²) in [6.07, 6.45) is -2.56. The summed E-state index contributed by atoms with van der Waals surface area (Å²) in [5.41, 5.74) is 0.702.